The molecule has 0 saturated heterocycles. The highest BCUT2D eigenvalue weighted by molar-refractivity contribution is 6.19. The van der Waals surface area contributed by atoms with E-state index in [1.54, 1.807) is 20.8 Å². The minimum atomic E-state index is -0.902. The van der Waals surface area contributed by atoms with Gasteiger partial charge in [0.25, 0.3) is 0 Å². The Morgan fingerprint density at radius 2 is 1.68 bits per heavy atom. The first-order valence-electron chi connectivity index (χ1n) is 6.40. The summed E-state index contributed by atoms with van der Waals surface area (Å²) in [6, 6.07) is 0. The molecule has 0 spiro atoms. The fourth-order valence-electron chi connectivity index (χ4n) is 1.50. The van der Waals surface area contributed by atoms with E-state index in [-0.39, 0.29) is 23.0 Å². The molecule has 0 aliphatic rings. The molecule has 5 nitrogen and oxygen atoms in total. The molecule has 0 saturated carbocycles. The Labute approximate surface area is 120 Å². The predicted octanol–water partition coefficient (Wildman–Crippen LogP) is 2.13. The van der Waals surface area contributed by atoms with Crippen molar-refractivity contribution in [1.82, 2.24) is 0 Å². The second kappa shape index (κ2) is 7.10. The number of hydrogen-bond acceptors (Lipinski definition) is 4. The number of carbonyl (C=O) groups excluding carboxylic acids is 2. The minimum Gasteiger partial charge on any atom is -0.465 e. The van der Waals surface area contributed by atoms with Gasteiger partial charge in [-0.1, -0.05) is 0 Å². The Bertz CT molecular complexity index is 321. The van der Waals surface area contributed by atoms with Crippen molar-refractivity contribution in [2.45, 2.75) is 40.3 Å². The lowest BCUT2D eigenvalue weighted by Gasteiger charge is -2.38. The number of ether oxygens (including phenoxy) is 2. The fraction of sp³-hybridized carbons (Fsp3) is 0.846. The maximum Gasteiger partial charge on any atom is 0.361 e. The van der Waals surface area contributed by atoms with E-state index >= 15 is 0 Å². The van der Waals surface area contributed by atoms with Gasteiger partial charge < -0.3 is 9.47 Å². The average Bonchev–Trinajstić information content (AvgIpc) is 2.34. The van der Waals surface area contributed by atoms with E-state index in [1.165, 1.54) is 7.11 Å². The van der Waals surface area contributed by atoms with Crippen molar-refractivity contribution < 1.29 is 23.5 Å². The molecule has 1 unspecified atom stereocenters. The Balaban J connectivity index is 4.98. The molecule has 0 heterocycles. The maximum atomic E-state index is 11.9. The Morgan fingerprint density at radius 3 is 2.00 bits per heavy atom. The van der Waals surface area contributed by atoms with Gasteiger partial charge in [0.2, 0.25) is 0 Å². The van der Waals surface area contributed by atoms with Crippen LogP contribution in [-0.4, -0.2) is 48.9 Å². The third-order valence-corrected chi connectivity index (χ3v) is 3.68. The smallest absolute Gasteiger partial charge is 0.361 e. The highest BCUT2D eigenvalue weighted by Gasteiger charge is 2.40. The number of halogens is 1. The molecule has 1 atom stereocenters. The van der Waals surface area contributed by atoms with Crippen LogP contribution in [0.15, 0.2) is 0 Å². The molecule has 0 N–H and O–H groups in total. The number of carbonyl (C=O) groups is 2. The van der Waals surface area contributed by atoms with Crippen molar-refractivity contribution in [3.05, 3.63) is 0 Å². The number of alkyl halides is 1. The number of nitrogens with zero attached hydrogens (tertiary/aromatic N) is 1. The first-order valence-corrected chi connectivity index (χ1v) is 6.84. The minimum absolute atomic E-state index is 0.0785. The molecule has 0 aromatic carbocycles. The highest BCUT2D eigenvalue weighted by atomic mass is 35.5. The number of methoxy groups -OCH3 is 1. The molecule has 0 rings (SSSR count). The number of hydrogen-bond donors (Lipinski definition) is 0. The van der Waals surface area contributed by atoms with Crippen molar-refractivity contribution >= 4 is 23.5 Å². The van der Waals surface area contributed by atoms with Gasteiger partial charge in [0.1, 0.15) is 0 Å². The fourth-order valence-corrected chi connectivity index (χ4v) is 1.93. The standard InChI is InChI=1S/C13H25ClNO4/c1-7-15(8-2,9-10(16)18-6)12(14)19-11(17)13(3,4)5/h12H,7-9H2,1-6H3/q+1. The molecule has 112 valence electrons. The van der Waals surface area contributed by atoms with Gasteiger partial charge in [-0.15, -0.1) is 0 Å². The van der Waals surface area contributed by atoms with Crippen LogP contribution in [0.25, 0.3) is 0 Å². The summed E-state index contributed by atoms with van der Waals surface area (Å²) in [7, 11) is 1.33. The van der Waals surface area contributed by atoms with Crippen LogP contribution in [0.4, 0.5) is 0 Å². The van der Waals surface area contributed by atoms with Gasteiger partial charge in [-0.3, -0.25) is 9.28 Å². The quantitative estimate of drug-likeness (QED) is 0.248. The van der Waals surface area contributed by atoms with Crippen LogP contribution in [0.1, 0.15) is 34.6 Å². The molecule has 19 heavy (non-hydrogen) atoms. The average molecular weight is 295 g/mol. The first-order chi connectivity index (χ1) is 8.62. The molecular weight excluding hydrogens is 270 g/mol. The molecule has 0 aromatic heterocycles. The van der Waals surface area contributed by atoms with Crippen molar-refractivity contribution in [2.24, 2.45) is 5.41 Å². The topological polar surface area (TPSA) is 52.6 Å². The largest absolute Gasteiger partial charge is 0.465 e. The summed E-state index contributed by atoms with van der Waals surface area (Å²) in [6.45, 7) is 10.3. The van der Waals surface area contributed by atoms with Gasteiger partial charge in [0.05, 0.1) is 25.6 Å². The van der Waals surface area contributed by atoms with Gasteiger partial charge in [0.15, 0.2) is 6.54 Å². The molecule has 0 fully saturated rings. The van der Waals surface area contributed by atoms with E-state index in [9.17, 15) is 9.59 Å². The van der Waals surface area contributed by atoms with Crippen LogP contribution in [-0.2, 0) is 19.1 Å². The lowest BCUT2D eigenvalue weighted by atomic mass is 9.97. The summed E-state index contributed by atoms with van der Waals surface area (Å²) in [5.41, 5.74) is -1.53. The Morgan fingerprint density at radius 1 is 1.21 bits per heavy atom. The molecule has 0 radical (unpaired) electrons. The highest BCUT2D eigenvalue weighted by Crippen LogP contribution is 2.23. The third-order valence-electron chi connectivity index (χ3n) is 3.18. The molecule has 0 amide bonds. The van der Waals surface area contributed by atoms with E-state index in [0.717, 1.165) is 0 Å². The summed E-state index contributed by atoms with van der Waals surface area (Å²) < 4.78 is 10.1. The van der Waals surface area contributed by atoms with Crippen molar-refractivity contribution in [3.63, 3.8) is 0 Å². The summed E-state index contributed by atoms with van der Waals surface area (Å²) in [4.78, 5) is 23.4. The lowest BCUT2D eigenvalue weighted by Crippen LogP contribution is -2.57. The number of esters is 2. The zero-order chi connectivity index (χ0) is 15.3. The van der Waals surface area contributed by atoms with E-state index in [4.69, 9.17) is 16.3 Å². The third kappa shape index (κ3) is 4.99. The van der Waals surface area contributed by atoms with E-state index in [2.05, 4.69) is 4.74 Å². The van der Waals surface area contributed by atoms with E-state index in [1.807, 2.05) is 13.8 Å². The molecule has 0 bridgehead atoms. The zero-order valence-corrected chi connectivity index (χ0v) is 13.4. The van der Waals surface area contributed by atoms with Crippen molar-refractivity contribution in [1.29, 1.82) is 0 Å². The van der Waals surface area contributed by atoms with Crippen LogP contribution >= 0.6 is 11.6 Å². The monoisotopic (exact) mass is 294 g/mol. The molecule has 0 aliphatic heterocycles. The van der Waals surface area contributed by atoms with Gasteiger partial charge in [-0.25, -0.2) is 4.79 Å². The normalized spacial score (nSPS) is 13.8. The summed E-state index contributed by atoms with van der Waals surface area (Å²) in [6.07, 6.45) is 0. The first kappa shape index (κ1) is 18.2. The van der Waals surface area contributed by atoms with Crippen molar-refractivity contribution in [2.75, 3.05) is 26.7 Å². The maximum absolute atomic E-state index is 11.9. The predicted molar refractivity (Wildman–Crippen MR) is 73.4 cm³/mol. The zero-order valence-electron chi connectivity index (χ0n) is 12.7. The summed E-state index contributed by atoms with van der Waals surface area (Å²) >= 11 is 6.23. The molecule has 0 aromatic rings. The number of likely N-dealkylation sites (N-methyl/N-ethyl adjacent to an activating group) is 1. The van der Waals surface area contributed by atoms with Gasteiger partial charge in [-0.05, 0) is 46.2 Å². The number of rotatable bonds is 6. The Kier molecular flexibility index (Phi) is 6.80. The molecular formula is C13H25ClNO4+. The van der Waals surface area contributed by atoms with Gasteiger partial charge >= 0.3 is 17.6 Å². The van der Waals surface area contributed by atoms with Crippen LogP contribution in [0.5, 0.6) is 0 Å². The second-order valence-corrected chi connectivity index (χ2v) is 5.91. The summed E-state index contributed by atoms with van der Waals surface area (Å²) in [5.74, 6) is -0.761. The van der Waals surface area contributed by atoms with Gasteiger partial charge in [-0.2, -0.15) is 0 Å². The van der Waals surface area contributed by atoms with Crippen LogP contribution in [0.2, 0.25) is 0 Å². The number of quaternary nitrogens is 1. The second-order valence-electron chi connectivity index (χ2n) is 5.53. The van der Waals surface area contributed by atoms with Crippen LogP contribution in [0, 0.1) is 5.41 Å². The van der Waals surface area contributed by atoms with Gasteiger partial charge in [0, 0.05) is 0 Å². The molecule has 6 heteroatoms. The van der Waals surface area contributed by atoms with Crippen LogP contribution in [0.3, 0.4) is 0 Å². The Hall–Kier alpha value is -0.810. The van der Waals surface area contributed by atoms with E-state index in [0.29, 0.717) is 13.1 Å². The van der Waals surface area contributed by atoms with Crippen LogP contribution < -0.4 is 0 Å². The summed E-state index contributed by atoms with van der Waals surface area (Å²) in [5, 5.41) is 0. The lowest BCUT2D eigenvalue weighted by molar-refractivity contribution is -0.946. The van der Waals surface area contributed by atoms with E-state index < -0.39 is 11.1 Å². The molecule has 0 aliphatic carbocycles. The SMILES string of the molecule is CC[N+](CC)(CC(=O)OC)C(Cl)OC(=O)C(C)(C)C. The van der Waals surface area contributed by atoms with Crippen molar-refractivity contribution in [3.8, 4) is 0 Å².